The van der Waals surface area contributed by atoms with Crippen LogP contribution in [0.3, 0.4) is 0 Å². The second-order valence-corrected chi connectivity index (χ2v) is 3.51. The number of rotatable bonds is 2. The van der Waals surface area contributed by atoms with Crippen molar-refractivity contribution in [2.75, 3.05) is 0 Å². The molecule has 0 radical (unpaired) electrons. The molecule has 0 aliphatic carbocycles. The average Bonchev–Trinajstić information content (AvgIpc) is 2.78. The lowest BCUT2D eigenvalue weighted by molar-refractivity contribution is 0.112. The van der Waals surface area contributed by atoms with Crippen molar-refractivity contribution in [1.29, 1.82) is 0 Å². The molecule has 0 aliphatic heterocycles. The summed E-state index contributed by atoms with van der Waals surface area (Å²) in [5.74, 6) is 0. The first-order chi connectivity index (χ1) is 8.40. The highest BCUT2D eigenvalue weighted by atomic mass is 16.1. The third-order valence-electron chi connectivity index (χ3n) is 2.48. The van der Waals surface area contributed by atoms with E-state index >= 15 is 0 Å². The van der Waals surface area contributed by atoms with Gasteiger partial charge in [0.05, 0.1) is 5.56 Å². The third-order valence-corrected chi connectivity index (χ3v) is 2.48. The Morgan fingerprint density at radius 1 is 1.24 bits per heavy atom. The lowest BCUT2D eigenvalue weighted by Gasteiger charge is -1.94. The quantitative estimate of drug-likeness (QED) is 0.620. The van der Waals surface area contributed by atoms with Gasteiger partial charge in [-0.25, -0.2) is 9.50 Å². The zero-order chi connectivity index (χ0) is 11.7. The molecule has 5 nitrogen and oxygen atoms in total. The molecule has 0 aromatic carbocycles. The summed E-state index contributed by atoms with van der Waals surface area (Å²) in [6.45, 7) is 0. The fourth-order valence-corrected chi connectivity index (χ4v) is 1.73. The summed E-state index contributed by atoms with van der Waals surface area (Å²) in [5.41, 5.74) is 2.45. The maximum Gasteiger partial charge on any atom is 0.166 e. The molecule has 5 heteroatoms. The molecule has 0 N–H and O–H groups in total. The lowest BCUT2D eigenvalue weighted by atomic mass is 10.1. The van der Waals surface area contributed by atoms with Crippen LogP contribution in [-0.4, -0.2) is 25.9 Å². The topological polar surface area (TPSA) is 60.2 Å². The Bertz CT molecular complexity index is 675. The number of carbonyl (C=O) groups is 1. The fraction of sp³-hybridized carbons (Fsp3) is 0. The Kier molecular flexibility index (Phi) is 2.15. The largest absolute Gasteiger partial charge is 0.298 e. The number of aromatic nitrogens is 4. The zero-order valence-electron chi connectivity index (χ0n) is 8.82. The molecule has 0 saturated heterocycles. The van der Waals surface area contributed by atoms with Gasteiger partial charge in [0.15, 0.2) is 11.9 Å². The molecule has 0 spiro atoms. The van der Waals surface area contributed by atoms with Gasteiger partial charge in [-0.1, -0.05) is 0 Å². The second-order valence-electron chi connectivity index (χ2n) is 3.51. The van der Waals surface area contributed by atoms with Crippen molar-refractivity contribution in [2.45, 2.75) is 0 Å². The van der Waals surface area contributed by atoms with Crippen LogP contribution in [0.25, 0.3) is 16.9 Å². The molecular formula is C12H8N4O. The molecule has 0 fully saturated rings. The Labute approximate surface area is 96.8 Å². The molecule has 82 valence electrons. The van der Waals surface area contributed by atoms with Crippen LogP contribution in [0.2, 0.25) is 0 Å². The van der Waals surface area contributed by atoms with Gasteiger partial charge in [-0.2, -0.15) is 5.10 Å². The molecule has 3 rings (SSSR count). The summed E-state index contributed by atoms with van der Waals surface area (Å²) in [5, 5.41) is 4.34. The predicted molar refractivity (Wildman–Crippen MR) is 61.6 cm³/mol. The number of hydrogen-bond donors (Lipinski definition) is 0. The van der Waals surface area contributed by atoms with E-state index in [1.807, 2.05) is 6.07 Å². The van der Waals surface area contributed by atoms with E-state index in [4.69, 9.17) is 0 Å². The highest BCUT2D eigenvalue weighted by Gasteiger charge is 2.14. The minimum atomic E-state index is 0.485. The molecular weight excluding hydrogens is 216 g/mol. The predicted octanol–water partition coefficient (Wildman–Crippen LogP) is 1.60. The highest BCUT2D eigenvalue weighted by Crippen LogP contribution is 2.22. The molecule has 0 unspecified atom stereocenters. The maximum absolute atomic E-state index is 11.2. The number of hydrogen-bond acceptors (Lipinski definition) is 4. The van der Waals surface area contributed by atoms with Gasteiger partial charge in [-0.15, -0.1) is 0 Å². The molecule has 0 aliphatic rings. The monoisotopic (exact) mass is 224 g/mol. The molecule has 17 heavy (non-hydrogen) atoms. The van der Waals surface area contributed by atoms with Gasteiger partial charge in [0.1, 0.15) is 5.69 Å². The Balaban J connectivity index is 2.33. The molecule has 0 bridgehead atoms. The standard InChI is InChI=1S/C12H8N4O/c17-8-10-11(9-3-1-4-13-7-9)15-16-6-2-5-14-12(10)16/h1-8H. The fourth-order valence-electron chi connectivity index (χ4n) is 1.73. The van der Waals surface area contributed by atoms with Gasteiger partial charge in [0.2, 0.25) is 0 Å². The first-order valence-corrected chi connectivity index (χ1v) is 5.09. The summed E-state index contributed by atoms with van der Waals surface area (Å²) in [7, 11) is 0. The molecule has 3 aromatic heterocycles. The second kappa shape index (κ2) is 3.79. The molecule has 0 atom stereocenters. The number of pyridine rings is 1. The minimum absolute atomic E-state index is 0.485. The SMILES string of the molecule is O=Cc1c(-c2cccnc2)nn2cccnc12. The van der Waals surface area contributed by atoms with Gasteiger partial charge in [-0.05, 0) is 18.2 Å². The van der Waals surface area contributed by atoms with Gasteiger partial charge in [0, 0.05) is 30.4 Å². The van der Waals surface area contributed by atoms with E-state index in [1.54, 1.807) is 41.4 Å². The van der Waals surface area contributed by atoms with Crippen LogP contribution >= 0.6 is 0 Å². The normalized spacial score (nSPS) is 10.6. The van der Waals surface area contributed by atoms with E-state index in [9.17, 15) is 4.79 Å². The van der Waals surface area contributed by atoms with E-state index in [0.717, 1.165) is 11.8 Å². The van der Waals surface area contributed by atoms with E-state index in [1.165, 1.54) is 0 Å². The third kappa shape index (κ3) is 1.48. The number of nitrogens with zero attached hydrogens (tertiary/aromatic N) is 4. The smallest absolute Gasteiger partial charge is 0.166 e. The van der Waals surface area contributed by atoms with Crippen LogP contribution in [0.1, 0.15) is 10.4 Å². The molecule has 3 aromatic rings. The maximum atomic E-state index is 11.2. The first-order valence-electron chi connectivity index (χ1n) is 5.09. The van der Waals surface area contributed by atoms with Crippen molar-refractivity contribution >= 4 is 11.9 Å². The number of aldehydes is 1. The van der Waals surface area contributed by atoms with E-state index in [-0.39, 0.29) is 0 Å². The summed E-state index contributed by atoms with van der Waals surface area (Å²) < 4.78 is 1.59. The van der Waals surface area contributed by atoms with Crippen LogP contribution in [0.4, 0.5) is 0 Å². The van der Waals surface area contributed by atoms with Crippen LogP contribution in [-0.2, 0) is 0 Å². The van der Waals surface area contributed by atoms with E-state index < -0.39 is 0 Å². The van der Waals surface area contributed by atoms with Crippen LogP contribution < -0.4 is 0 Å². The van der Waals surface area contributed by atoms with Gasteiger partial charge in [-0.3, -0.25) is 9.78 Å². The minimum Gasteiger partial charge on any atom is -0.298 e. The van der Waals surface area contributed by atoms with E-state index in [2.05, 4.69) is 15.1 Å². The first kappa shape index (κ1) is 9.65. The summed E-state index contributed by atoms with van der Waals surface area (Å²) in [6.07, 6.45) is 7.52. The van der Waals surface area contributed by atoms with Crippen LogP contribution in [0.15, 0.2) is 43.0 Å². The van der Waals surface area contributed by atoms with Gasteiger partial charge < -0.3 is 0 Å². The van der Waals surface area contributed by atoms with E-state index in [0.29, 0.717) is 16.9 Å². The van der Waals surface area contributed by atoms with Crippen molar-refractivity contribution in [3.8, 4) is 11.3 Å². The molecule has 0 amide bonds. The highest BCUT2D eigenvalue weighted by molar-refractivity contribution is 5.93. The Morgan fingerprint density at radius 2 is 2.18 bits per heavy atom. The number of carbonyl (C=O) groups excluding carboxylic acids is 1. The molecule has 0 saturated carbocycles. The van der Waals surface area contributed by atoms with Crippen molar-refractivity contribution in [3.63, 3.8) is 0 Å². The Morgan fingerprint density at radius 3 is 2.94 bits per heavy atom. The molecule has 3 heterocycles. The summed E-state index contributed by atoms with van der Waals surface area (Å²) >= 11 is 0. The van der Waals surface area contributed by atoms with Gasteiger partial charge >= 0.3 is 0 Å². The lowest BCUT2D eigenvalue weighted by Crippen LogP contribution is -1.88. The summed E-state index contributed by atoms with van der Waals surface area (Å²) in [4.78, 5) is 19.3. The van der Waals surface area contributed by atoms with Crippen LogP contribution in [0.5, 0.6) is 0 Å². The van der Waals surface area contributed by atoms with Crippen molar-refractivity contribution in [3.05, 3.63) is 48.5 Å². The van der Waals surface area contributed by atoms with Crippen molar-refractivity contribution in [1.82, 2.24) is 19.6 Å². The zero-order valence-corrected chi connectivity index (χ0v) is 8.82. The number of fused-ring (bicyclic) bond motifs is 1. The summed E-state index contributed by atoms with van der Waals surface area (Å²) in [6, 6.07) is 5.44. The Hall–Kier alpha value is -2.56. The average molecular weight is 224 g/mol. The van der Waals surface area contributed by atoms with Crippen molar-refractivity contribution < 1.29 is 4.79 Å². The van der Waals surface area contributed by atoms with Gasteiger partial charge in [0.25, 0.3) is 0 Å². The van der Waals surface area contributed by atoms with Crippen LogP contribution in [0, 0.1) is 0 Å². The van der Waals surface area contributed by atoms with Crippen molar-refractivity contribution in [2.24, 2.45) is 0 Å².